The molecule has 138 valence electrons. The van der Waals surface area contributed by atoms with Gasteiger partial charge in [-0.15, -0.1) is 0 Å². The first-order valence-electron chi connectivity index (χ1n) is 8.42. The predicted molar refractivity (Wildman–Crippen MR) is 108 cm³/mol. The van der Waals surface area contributed by atoms with Crippen molar-refractivity contribution < 1.29 is 9.90 Å². The van der Waals surface area contributed by atoms with Gasteiger partial charge in [-0.3, -0.25) is 0 Å². The van der Waals surface area contributed by atoms with E-state index in [9.17, 15) is 9.90 Å². The average molecular weight is 380 g/mol. The third kappa shape index (κ3) is 4.03. The van der Waals surface area contributed by atoms with Crippen LogP contribution in [0.3, 0.4) is 0 Å². The third-order valence-corrected chi connectivity index (χ3v) is 4.43. The first-order valence-corrected chi connectivity index (χ1v) is 8.83. The fraction of sp³-hybridized carbons (Fsp3) is 0.200. The van der Waals surface area contributed by atoms with Crippen molar-refractivity contribution in [3.8, 4) is 11.4 Å². The van der Waals surface area contributed by atoms with Crippen LogP contribution in [0.5, 0.6) is 0 Å². The minimum absolute atomic E-state index is 0.0575. The molecule has 0 spiro atoms. The van der Waals surface area contributed by atoms with Gasteiger partial charge in [-0.1, -0.05) is 63.2 Å². The van der Waals surface area contributed by atoms with Gasteiger partial charge < -0.3 is 5.11 Å². The van der Waals surface area contributed by atoms with Gasteiger partial charge in [0.15, 0.2) is 5.82 Å². The summed E-state index contributed by atoms with van der Waals surface area (Å²) in [5.74, 6) is -0.449. The average Bonchev–Trinajstić information content (AvgIpc) is 3.00. The number of nitrogens with zero attached hydrogens (tertiary/aromatic N) is 3. The molecular formula is C20H20N4O2S. The van der Waals surface area contributed by atoms with Crippen molar-refractivity contribution in [1.29, 1.82) is 0 Å². The second kappa shape index (κ2) is 7.28. The summed E-state index contributed by atoms with van der Waals surface area (Å²) in [5.41, 5.74) is 2.79. The SMILES string of the molecule is CC(C)(C)c1ccc(-c2n[nH]c(=S)n2/N=C\c2ccccc2C(=O)O)cc1. The van der Waals surface area contributed by atoms with E-state index in [4.69, 9.17) is 12.2 Å². The van der Waals surface area contributed by atoms with Gasteiger partial charge in [-0.05, 0) is 29.3 Å². The first kappa shape index (κ1) is 18.7. The number of nitrogens with one attached hydrogen (secondary N) is 1. The Kier molecular flexibility index (Phi) is 5.05. The Morgan fingerprint density at radius 2 is 1.85 bits per heavy atom. The second-order valence-corrected chi connectivity index (χ2v) is 7.52. The molecule has 0 radical (unpaired) electrons. The number of hydrogen-bond acceptors (Lipinski definition) is 4. The lowest BCUT2D eigenvalue weighted by molar-refractivity contribution is 0.0696. The zero-order valence-electron chi connectivity index (χ0n) is 15.3. The first-order chi connectivity index (χ1) is 12.8. The van der Waals surface area contributed by atoms with Crippen LogP contribution in [0, 0.1) is 4.77 Å². The quantitative estimate of drug-likeness (QED) is 0.516. The van der Waals surface area contributed by atoms with Crippen molar-refractivity contribution in [2.75, 3.05) is 0 Å². The Balaban J connectivity index is 1.99. The zero-order chi connectivity index (χ0) is 19.6. The molecule has 0 bridgehead atoms. The van der Waals surface area contributed by atoms with E-state index in [1.54, 1.807) is 18.2 Å². The molecule has 0 saturated carbocycles. The van der Waals surface area contributed by atoms with E-state index >= 15 is 0 Å². The summed E-state index contributed by atoms with van der Waals surface area (Å²) < 4.78 is 1.81. The Morgan fingerprint density at radius 3 is 2.48 bits per heavy atom. The van der Waals surface area contributed by atoms with Gasteiger partial charge in [0.2, 0.25) is 4.77 Å². The van der Waals surface area contributed by atoms with Crippen molar-refractivity contribution in [3.05, 3.63) is 70.0 Å². The summed E-state index contributed by atoms with van der Waals surface area (Å²) in [6.45, 7) is 6.47. The molecule has 6 nitrogen and oxygen atoms in total. The van der Waals surface area contributed by atoms with Crippen molar-refractivity contribution >= 4 is 24.4 Å². The highest BCUT2D eigenvalue weighted by Crippen LogP contribution is 2.25. The summed E-state index contributed by atoms with van der Waals surface area (Å²) in [5, 5.41) is 20.7. The highest BCUT2D eigenvalue weighted by atomic mass is 32.1. The highest BCUT2D eigenvalue weighted by Gasteiger charge is 2.15. The zero-order valence-corrected chi connectivity index (χ0v) is 16.1. The Bertz CT molecular complexity index is 1060. The van der Waals surface area contributed by atoms with Gasteiger partial charge in [0.1, 0.15) is 0 Å². The van der Waals surface area contributed by atoms with Crippen molar-refractivity contribution in [2.45, 2.75) is 26.2 Å². The molecule has 1 heterocycles. The number of aromatic nitrogens is 3. The molecule has 3 rings (SSSR count). The lowest BCUT2D eigenvalue weighted by atomic mass is 9.87. The number of aromatic carboxylic acids is 1. The molecule has 2 N–H and O–H groups in total. The van der Waals surface area contributed by atoms with Gasteiger partial charge in [-0.2, -0.15) is 14.9 Å². The van der Waals surface area contributed by atoms with E-state index in [1.807, 2.05) is 12.1 Å². The maximum Gasteiger partial charge on any atom is 0.336 e. The highest BCUT2D eigenvalue weighted by molar-refractivity contribution is 7.71. The van der Waals surface area contributed by atoms with Crippen LogP contribution < -0.4 is 0 Å². The summed E-state index contributed by atoms with van der Waals surface area (Å²) in [4.78, 5) is 11.3. The topological polar surface area (TPSA) is 83.3 Å². The lowest BCUT2D eigenvalue weighted by Gasteiger charge is -2.18. The van der Waals surface area contributed by atoms with Crippen LogP contribution in [0.2, 0.25) is 0 Å². The molecule has 2 aromatic carbocycles. The van der Waals surface area contributed by atoms with E-state index in [1.165, 1.54) is 22.5 Å². The maximum atomic E-state index is 11.3. The number of hydrogen-bond donors (Lipinski definition) is 2. The molecule has 7 heteroatoms. The number of aromatic amines is 1. The third-order valence-electron chi connectivity index (χ3n) is 4.16. The molecule has 0 aliphatic heterocycles. The number of carbonyl (C=O) groups is 1. The molecule has 27 heavy (non-hydrogen) atoms. The van der Waals surface area contributed by atoms with E-state index in [0.29, 0.717) is 16.2 Å². The van der Waals surface area contributed by atoms with E-state index in [0.717, 1.165) is 5.56 Å². The standard InChI is InChI=1S/C20H20N4O2S/c1-20(2,3)15-10-8-13(9-11-15)17-22-23-19(27)24(17)21-12-14-6-4-5-7-16(14)18(25)26/h4-12H,1-3H3,(H,23,27)(H,25,26)/b21-12-. The van der Waals surface area contributed by atoms with E-state index in [2.05, 4.69) is 48.2 Å². The van der Waals surface area contributed by atoms with Crippen LogP contribution in [0.25, 0.3) is 11.4 Å². The molecule has 3 aromatic rings. The van der Waals surface area contributed by atoms with Gasteiger partial charge in [0, 0.05) is 11.1 Å². The van der Waals surface area contributed by atoms with Gasteiger partial charge in [-0.25, -0.2) is 9.89 Å². The van der Waals surface area contributed by atoms with Crippen LogP contribution in [-0.4, -0.2) is 32.2 Å². The Hall–Kier alpha value is -3.06. The monoisotopic (exact) mass is 380 g/mol. The fourth-order valence-corrected chi connectivity index (χ4v) is 2.81. The molecular weight excluding hydrogens is 360 g/mol. The molecule has 0 atom stereocenters. The molecule has 1 aromatic heterocycles. The molecule has 0 fully saturated rings. The summed E-state index contributed by atoms with van der Waals surface area (Å²) in [6, 6.07) is 14.7. The van der Waals surface area contributed by atoms with Crippen molar-refractivity contribution in [2.24, 2.45) is 5.10 Å². The molecule has 0 aliphatic carbocycles. The maximum absolute atomic E-state index is 11.3. The van der Waals surface area contributed by atoms with Crippen LogP contribution >= 0.6 is 12.2 Å². The molecule has 0 amide bonds. The van der Waals surface area contributed by atoms with Crippen molar-refractivity contribution in [3.63, 3.8) is 0 Å². The summed E-state index contributed by atoms with van der Waals surface area (Å²) in [7, 11) is 0. The minimum Gasteiger partial charge on any atom is -0.478 e. The Labute approximate surface area is 162 Å². The number of carboxylic acids is 1. The van der Waals surface area contributed by atoms with Crippen LogP contribution in [0.15, 0.2) is 53.6 Å². The smallest absolute Gasteiger partial charge is 0.336 e. The largest absolute Gasteiger partial charge is 0.478 e. The molecule has 0 saturated heterocycles. The number of benzene rings is 2. The van der Waals surface area contributed by atoms with Crippen molar-refractivity contribution in [1.82, 2.24) is 14.9 Å². The van der Waals surface area contributed by atoms with Crippen LogP contribution in [-0.2, 0) is 5.41 Å². The summed E-state index contributed by atoms with van der Waals surface area (Å²) >= 11 is 5.27. The minimum atomic E-state index is -1.01. The molecule has 0 unspecified atom stereocenters. The van der Waals surface area contributed by atoms with E-state index in [-0.39, 0.29) is 11.0 Å². The van der Waals surface area contributed by atoms with E-state index < -0.39 is 5.97 Å². The van der Waals surface area contributed by atoms with Gasteiger partial charge in [0.25, 0.3) is 0 Å². The van der Waals surface area contributed by atoms with Crippen LogP contribution in [0.4, 0.5) is 0 Å². The Morgan fingerprint density at radius 1 is 1.19 bits per heavy atom. The van der Waals surface area contributed by atoms with Gasteiger partial charge >= 0.3 is 5.97 Å². The van der Waals surface area contributed by atoms with Gasteiger partial charge in [0.05, 0.1) is 11.8 Å². The fourth-order valence-electron chi connectivity index (χ4n) is 2.63. The number of carboxylic acid groups (broad SMARTS) is 1. The molecule has 0 aliphatic rings. The van der Waals surface area contributed by atoms with Crippen LogP contribution in [0.1, 0.15) is 42.3 Å². The number of H-pyrrole nitrogens is 1. The normalized spacial score (nSPS) is 11.8. The number of rotatable bonds is 4. The summed E-state index contributed by atoms with van der Waals surface area (Å²) in [6.07, 6.45) is 1.47. The lowest BCUT2D eigenvalue weighted by Crippen LogP contribution is -2.10. The predicted octanol–water partition coefficient (Wildman–Crippen LogP) is 4.49. The second-order valence-electron chi connectivity index (χ2n) is 7.13.